The Morgan fingerprint density at radius 1 is 1.06 bits per heavy atom. The Morgan fingerprint density at radius 2 is 1.88 bits per heavy atom. The fourth-order valence-electron chi connectivity index (χ4n) is 6.47. The predicted octanol–water partition coefficient (Wildman–Crippen LogP) is -1.08. The third-order valence-corrected chi connectivity index (χ3v) is 10.4. The third kappa shape index (κ3) is 4.51. The largest absolute Gasteiger partial charge is 0.323 e. The number of nitrogens with one attached hydrogen (secondary N) is 4. The van der Waals surface area contributed by atoms with Gasteiger partial charge >= 0.3 is 6.03 Å². The van der Waals surface area contributed by atoms with E-state index in [1.807, 2.05) is 28.9 Å². The molecule has 4 aliphatic heterocycles. The minimum Gasteiger partial charge on any atom is -0.323 e. The van der Waals surface area contributed by atoms with Gasteiger partial charge in [0.1, 0.15) is 5.25 Å². The van der Waals surface area contributed by atoms with Crippen molar-refractivity contribution in [2.45, 2.75) is 74.6 Å². The second-order valence-electron chi connectivity index (χ2n) is 10.6. The van der Waals surface area contributed by atoms with Gasteiger partial charge in [0.05, 0.1) is 6.17 Å². The highest BCUT2D eigenvalue weighted by Crippen LogP contribution is 2.32. The Bertz CT molecular complexity index is 841. The molecule has 7 atom stereocenters. The van der Waals surface area contributed by atoms with E-state index in [1.54, 1.807) is 0 Å². The summed E-state index contributed by atoms with van der Waals surface area (Å²) in [6.45, 7) is 5.44. The van der Waals surface area contributed by atoms with E-state index in [0.29, 0.717) is 19.0 Å². The first-order chi connectivity index (χ1) is 15.7. The van der Waals surface area contributed by atoms with Crippen molar-refractivity contribution in [2.75, 3.05) is 46.8 Å². The Hall–Kier alpha value is -1.02. The summed E-state index contributed by atoms with van der Waals surface area (Å²) in [5.41, 5.74) is 6.70. The molecule has 4 N–H and O–H groups in total. The maximum atomic E-state index is 13.3. The third-order valence-electron chi connectivity index (χ3n) is 8.55. The van der Waals surface area contributed by atoms with Crippen LogP contribution in [0.1, 0.15) is 39.0 Å². The number of carbonyl (C=O) groups excluding carboxylic acids is 1. The number of urea groups is 1. The second kappa shape index (κ2) is 9.21. The zero-order valence-corrected chi connectivity index (χ0v) is 20.9. The van der Waals surface area contributed by atoms with E-state index in [1.165, 1.54) is 0 Å². The van der Waals surface area contributed by atoms with Crippen LogP contribution in [0.25, 0.3) is 0 Å². The highest BCUT2D eigenvalue weighted by molar-refractivity contribution is 7.90. The molecule has 0 aromatic rings. The average Bonchev–Trinajstić information content (AvgIpc) is 3.50. The highest BCUT2D eigenvalue weighted by Gasteiger charge is 2.45. The van der Waals surface area contributed by atoms with Crippen LogP contribution in [0.2, 0.25) is 0 Å². The van der Waals surface area contributed by atoms with Crippen molar-refractivity contribution in [1.82, 2.24) is 40.7 Å². The number of hydrazine groups is 2. The zero-order chi connectivity index (χ0) is 23.3. The predicted molar refractivity (Wildman–Crippen MR) is 125 cm³/mol. The minimum atomic E-state index is -3.45. The van der Waals surface area contributed by atoms with E-state index in [9.17, 15) is 13.2 Å². The van der Waals surface area contributed by atoms with Crippen molar-refractivity contribution in [1.29, 1.82) is 0 Å². The number of likely N-dealkylation sites (N-methyl/N-ethyl adjacent to an activating group) is 2. The van der Waals surface area contributed by atoms with Gasteiger partial charge in [0, 0.05) is 64.4 Å². The molecule has 1 saturated carbocycles. The molecule has 0 bridgehead atoms. The maximum absolute atomic E-state index is 13.3. The molecule has 11 nitrogen and oxygen atoms in total. The minimum absolute atomic E-state index is 0.0159. The van der Waals surface area contributed by atoms with Gasteiger partial charge in [-0.15, -0.1) is 0 Å². The van der Waals surface area contributed by atoms with Crippen LogP contribution in [-0.4, -0.2) is 117 Å². The molecule has 2 amide bonds. The van der Waals surface area contributed by atoms with E-state index >= 15 is 0 Å². The van der Waals surface area contributed by atoms with Gasteiger partial charge in [-0.05, 0) is 45.1 Å². The van der Waals surface area contributed by atoms with Crippen molar-refractivity contribution in [3.8, 4) is 0 Å². The molecular weight excluding hydrogens is 444 g/mol. The van der Waals surface area contributed by atoms with Gasteiger partial charge in [-0.3, -0.25) is 10.9 Å². The molecule has 5 fully saturated rings. The molecule has 12 heteroatoms. The number of rotatable bonds is 5. The summed E-state index contributed by atoms with van der Waals surface area (Å²) < 4.78 is 29.7. The number of carbonyl (C=O) groups is 1. The lowest BCUT2D eigenvalue weighted by molar-refractivity contribution is 0.0786. The monoisotopic (exact) mass is 484 g/mol. The smallest absolute Gasteiger partial charge is 0.320 e. The molecule has 0 aromatic heterocycles. The van der Waals surface area contributed by atoms with E-state index in [0.717, 1.165) is 51.7 Å². The number of hydrogen-bond acceptors (Lipinski definition) is 8. The molecule has 33 heavy (non-hydrogen) atoms. The van der Waals surface area contributed by atoms with Crippen molar-refractivity contribution in [3.63, 3.8) is 0 Å². The Labute approximate surface area is 197 Å². The van der Waals surface area contributed by atoms with E-state index in [4.69, 9.17) is 0 Å². The van der Waals surface area contributed by atoms with Gasteiger partial charge in [-0.2, -0.15) is 0 Å². The number of hydrogen-bond donors (Lipinski definition) is 4. The Kier molecular flexibility index (Phi) is 6.62. The van der Waals surface area contributed by atoms with Crippen LogP contribution in [0.4, 0.5) is 4.79 Å². The first kappa shape index (κ1) is 23.7. The normalized spacial score (nSPS) is 41.2. The van der Waals surface area contributed by atoms with Gasteiger partial charge in [0.15, 0.2) is 0 Å². The molecule has 188 valence electrons. The fraction of sp³-hybridized carbons (Fsp3) is 0.952. The summed E-state index contributed by atoms with van der Waals surface area (Å²) in [7, 11) is 0.430. The van der Waals surface area contributed by atoms with Crippen LogP contribution in [0.15, 0.2) is 0 Å². The lowest BCUT2D eigenvalue weighted by Gasteiger charge is -2.39. The Balaban J connectivity index is 1.19. The van der Waals surface area contributed by atoms with Crippen LogP contribution >= 0.6 is 0 Å². The van der Waals surface area contributed by atoms with Gasteiger partial charge in [0.25, 0.3) is 0 Å². The summed E-state index contributed by atoms with van der Waals surface area (Å²) in [6.07, 6.45) is 4.84. The van der Waals surface area contributed by atoms with Crippen molar-refractivity contribution in [3.05, 3.63) is 0 Å². The molecule has 5 rings (SSSR count). The van der Waals surface area contributed by atoms with Crippen LogP contribution in [0.5, 0.6) is 0 Å². The van der Waals surface area contributed by atoms with Gasteiger partial charge in [0.2, 0.25) is 10.0 Å². The quantitative estimate of drug-likeness (QED) is 0.390. The molecule has 0 spiro atoms. The number of piperidine rings is 1. The number of nitrogens with zero attached hydrogens (tertiary/aromatic N) is 4. The summed E-state index contributed by atoms with van der Waals surface area (Å²) in [4.78, 5) is 16.4. The molecule has 1 aliphatic carbocycles. The van der Waals surface area contributed by atoms with Crippen LogP contribution in [0.3, 0.4) is 0 Å². The molecular formula is C21H40N8O3S. The highest BCUT2D eigenvalue weighted by atomic mass is 32.2. The van der Waals surface area contributed by atoms with Crippen LogP contribution in [-0.2, 0) is 10.0 Å². The molecule has 4 saturated heterocycles. The average molecular weight is 485 g/mol. The lowest BCUT2D eigenvalue weighted by Crippen LogP contribution is -2.57. The van der Waals surface area contributed by atoms with E-state index in [-0.39, 0.29) is 36.4 Å². The summed E-state index contributed by atoms with van der Waals surface area (Å²) in [5.74, 6) is 0.507. The second-order valence-corrected chi connectivity index (χ2v) is 12.6. The molecule has 5 aliphatic rings. The first-order valence-corrected chi connectivity index (χ1v) is 14.0. The Morgan fingerprint density at radius 3 is 2.64 bits per heavy atom. The summed E-state index contributed by atoms with van der Waals surface area (Å²) >= 11 is 0. The van der Waals surface area contributed by atoms with Crippen molar-refractivity contribution < 1.29 is 13.2 Å². The topological polar surface area (TPSA) is 112 Å². The van der Waals surface area contributed by atoms with Crippen LogP contribution < -0.4 is 20.9 Å². The van der Waals surface area contributed by atoms with Gasteiger partial charge in [-0.1, -0.05) is 6.42 Å². The molecule has 0 aromatic carbocycles. The van der Waals surface area contributed by atoms with Gasteiger partial charge < -0.3 is 15.1 Å². The zero-order valence-electron chi connectivity index (χ0n) is 20.0. The molecule has 6 unspecified atom stereocenters. The van der Waals surface area contributed by atoms with Gasteiger partial charge in [-0.25, -0.2) is 28.0 Å². The number of fused-ring (bicyclic) bond motifs is 1. The summed E-state index contributed by atoms with van der Waals surface area (Å²) in [6, 6.07) is 0.684. The summed E-state index contributed by atoms with van der Waals surface area (Å²) in [5, 5.41) is 7.17. The van der Waals surface area contributed by atoms with Crippen molar-refractivity contribution >= 4 is 16.1 Å². The standard InChI is InChI=1S/C21H40N8O3S/c1-14-12-28(21(30)26(14)2)16-7-8-22-19(9-16)29-13-17(11-24-29)33(31,32)25-18-6-4-5-15-10-23-27(3)20(15)18/h14-20,22-25H,4-13H2,1-3H3/t14-,15?,16?,17?,18?,19?,20?/m0/s1. The lowest BCUT2D eigenvalue weighted by atomic mass is 9.82. The molecule has 0 radical (unpaired) electrons. The molecule has 4 heterocycles. The van der Waals surface area contributed by atoms with Crippen LogP contribution in [0, 0.1) is 5.92 Å². The number of amides is 2. The fourth-order valence-corrected chi connectivity index (χ4v) is 7.99. The van der Waals surface area contributed by atoms with Crippen molar-refractivity contribution in [2.24, 2.45) is 5.92 Å². The van der Waals surface area contributed by atoms with E-state index < -0.39 is 15.3 Å². The SMILES string of the molecule is C[C@H]1CN(C2CCNC(N3CC(S(=O)(=O)NC4CCCC5CNN(C)C54)CN3)C2)C(=O)N1C. The first-order valence-electron chi connectivity index (χ1n) is 12.5. The maximum Gasteiger partial charge on any atom is 0.320 e. The number of sulfonamides is 1. The van der Waals surface area contributed by atoms with E-state index in [2.05, 4.69) is 32.8 Å².